The van der Waals surface area contributed by atoms with Gasteiger partial charge in [-0.2, -0.15) is 0 Å². The number of carboxylic acid groups (broad SMARTS) is 1. The molecule has 0 aromatic heterocycles. The van der Waals surface area contributed by atoms with Crippen LogP contribution in [0, 0.1) is 0 Å². The summed E-state index contributed by atoms with van der Waals surface area (Å²) in [4.78, 5) is 10.9. The maximum Gasteiger partial charge on any atom is 0.307 e. The summed E-state index contributed by atoms with van der Waals surface area (Å²) < 4.78 is 5.96. The van der Waals surface area contributed by atoms with Crippen LogP contribution in [0.5, 0.6) is 5.75 Å². The van der Waals surface area contributed by atoms with Gasteiger partial charge in [-0.25, -0.2) is 0 Å². The highest BCUT2D eigenvalue weighted by Gasteiger charge is 2.41. The normalized spacial score (nSPS) is 17.3. The van der Waals surface area contributed by atoms with E-state index in [-0.39, 0.29) is 6.42 Å². The molecule has 1 aliphatic rings. The summed E-state index contributed by atoms with van der Waals surface area (Å²) in [5.41, 5.74) is 0.749. The monoisotopic (exact) mass is 248 g/mol. The second-order valence-corrected chi connectivity index (χ2v) is 5.44. The van der Waals surface area contributed by atoms with Crippen LogP contribution in [0.4, 0.5) is 0 Å². The highest BCUT2D eigenvalue weighted by Crippen LogP contribution is 2.39. The minimum atomic E-state index is -0.783. The van der Waals surface area contributed by atoms with E-state index >= 15 is 0 Å². The van der Waals surface area contributed by atoms with Crippen LogP contribution >= 0.6 is 0 Å². The SMILES string of the molecule is CC(C)c1cccc(OC2(CC(=O)O)CCC2)c1. The predicted octanol–water partition coefficient (Wildman–Crippen LogP) is 3.59. The Morgan fingerprint density at radius 1 is 1.44 bits per heavy atom. The summed E-state index contributed by atoms with van der Waals surface area (Å²) in [7, 11) is 0. The van der Waals surface area contributed by atoms with Crippen molar-refractivity contribution in [2.45, 2.75) is 51.0 Å². The number of hydrogen-bond acceptors (Lipinski definition) is 2. The third-order valence-electron chi connectivity index (χ3n) is 3.60. The highest BCUT2D eigenvalue weighted by atomic mass is 16.5. The van der Waals surface area contributed by atoms with Gasteiger partial charge in [-0.15, -0.1) is 0 Å². The van der Waals surface area contributed by atoms with E-state index in [9.17, 15) is 4.79 Å². The number of aliphatic carboxylic acids is 1. The lowest BCUT2D eigenvalue weighted by Gasteiger charge is -2.40. The number of hydrogen-bond donors (Lipinski definition) is 1. The molecular formula is C15H20O3. The number of carbonyl (C=O) groups is 1. The Balaban J connectivity index is 2.12. The van der Waals surface area contributed by atoms with Crippen LogP contribution in [0.3, 0.4) is 0 Å². The second-order valence-electron chi connectivity index (χ2n) is 5.44. The fourth-order valence-corrected chi connectivity index (χ4v) is 2.35. The molecule has 98 valence electrons. The van der Waals surface area contributed by atoms with Crippen molar-refractivity contribution in [2.75, 3.05) is 0 Å². The predicted molar refractivity (Wildman–Crippen MR) is 70.0 cm³/mol. The minimum Gasteiger partial charge on any atom is -0.487 e. The van der Waals surface area contributed by atoms with Crippen molar-refractivity contribution >= 4 is 5.97 Å². The van der Waals surface area contributed by atoms with Gasteiger partial charge in [-0.05, 0) is 42.9 Å². The maximum absolute atomic E-state index is 10.9. The summed E-state index contributed by atoms with van der Waals surface area (Å²) in [6.45, 7) is 4.27. The van der Waals surface area contributed by atoms with Crippen molar-refractivity contribution in [1.82, 2.24) is 0 Å². The minimum absolute atomic E-state index is 0.0961. The van der Waals surface area contributed by atoms with Crippen LogP contribution in [0.25, 0.3) is 0 Å². The van der Waals surface area contributed by atoms with E-state index in [0.717, 1.165) is 25.0 Å². The van der Waals surface area contributed by atoms with E-state index in [1.807, 2.05) is 18.2 Å². The van der Waals surface area contributed by atoms with E-state index in [4.69, 9.17) is 9.84 Å². The maximum atomic E-state index is 10.9. The molecule has 0 spiro atoms. The van der Waals surface area contributed by atoms with E-state index in [1.165, 1.54) is 5.56 Å². The fourth-order valence-electron chi connectivity index (χ4n) is 2.35. The van der Waals surface area contributed by atoms with Crippen LogP contribution in [0.15, 0.2) is 24.3 Å². The van der Waals surface area contributed by atoms with E-state index in [0.29, 0.717) is 5.92 Å². The van der Waals surface area contributed by atoms with Crippen LogP contribution in [0.1, 0.15) is 51.0 Å². The zero-order valence-electron chi connectivity index (χ0n) is 11.0. The van der Waals surface area contributed by atoms with Crippen molar-refractivity contribution < 1.29 is 14.6 Å². The van der Waals surface area contributed by atoms with Gasteiger partial charge in [0.2, 0.25) is 0 Å². The molecule has 0 atom stereocenters. The topological polar surface area (TPSA) is 46.5 Å². The Kier molecular flexibility index (Phi) is 3.60. The van der Waals surface area contributed by atoms with Crippen LogP contribution in [0.2, 0.25) is 0 Å². The number of rotatable bonds is 5. The summed E-state index contributed by atoms with van der Waals surface area (Å²) in [6, 6.07) is 7.97. The summed E-state index contributed by atoms with van der Waals surface area (Å²) in [5.74, 6) is 0.460. The van der Waals surface area contributed by atoms with Crippen molar-refractivity contribution in [1.29, 1.82) is 0 Å². The molecule has 3 nitrogen and oxygen atoms in total. The molecule has 0 saturated heterocycles. The highest BCUT2D eigenvalue weighted by molar-refractivity contribution is 5.68. The first-order chi connectivity index (χ1) is 8.51. The van der Waals surface area contributed by atoms with E-state index in [2.05, 4.69) is 19.9 Å². The molecule has 0 unspecified atom stereocenters. The van der Waals surface area contributed by atoms with Gasteiger partial charge < -0.3 is 9.84 Å². The van der Waals surface area contributed by atoms with Crippen molar-refractivity contribution in [3.05, 3.63) is 29.8 Å². The lowest BCUT2D eigenvalue weighted by molar-refractivity contribution is -0.144. The molecule has 0 aliphatic heterocycles. The average molecular weight is 248 g/mol. The summed E-state index contributed by atoms with van der Waals surface area (Å²) in [6.07, 6.45) is 2.83. The molecule has 1 N–H and O–H groups in total. The summed E-state index contributed by atoms with van der Waals surface area (Å²) >= 11 is 0. The first kappa shape index (κ1) is 12.9. The molecule has 0 heterocycles. The van der Waals surface area contributed by atoms with Crippen molar-refractivity contribution in [2.24, 2.45) is 0 Å². The zero-order chi connectivity index (χ0) is 13.2. The number of ether oxygens (including phenoxy) is 1. The lowest BCUT2D eigenvalue weighted by atomic mass is 9.77. The third kappa shape index (κ3) is 2.84. The molecule has 1 saturated carbocycles. The molecule has 1 aromatic carbocycles. The van der Waals surface area contributed by atoms with Gasteiger partial charge in [0.1, 0.15) is 11.4 Å². The standard InChI is InChI=1S/C15H20O3/c1-11(2)12-5-3-6-13(9-12)18-15(7-4-8-15)10-14(16)17/h3,5-6,9,11H,4,7-8,10H2,1-2H3,(H,16,17). The lowest BCUT2D eigenvalue weighted by Crippen LogP contribution is -2.45. The van der Waals surface area contributed by atoms with Gasteiger partial charge in [-0.3, -0.25) is 4.79 Å². The third-order valence-corrected chi connectivity index (χ3v) is 3.60. The molecule has 0 radical (unpaired) electrons. The molecule has 0 amide bonds. The second kappa shape index (κ2) is 5.01. The molecule has 0 bridgehead atoms. The Bertz CT molecular complexity index is 433. The number of carboxylic acids is 1. The summed E-state index contributed by atoms with van der Waals surface area (Å²) in [5, 5.41) is 8.95. The van der Waals surface area contributed by atoms with Gasteiger partial charge in [0.25, 0.3) is 0 Å². The zero-order valence-corrected chi connectivity index (χ0v) is 11.0. The smallest absolute Gasteiger partial charge is 0.307 e. The Morgan fingerprint density at radius 3 is 2.67 bits per heavy atom. The Morgan fingerprint density at radius 2 is 2.17 bits per heavy atom. The van der Waals surface area contributed by atoms with Crippen LogP contribution in [-0.2, 0) is 4.79 Å². The largest absolute Gasteiger partial charge is 0.487 e. The number of benzene rings is 1. The first-order valence-electron chi connectivity index (χ1n) is 6.51. The molecule has 1 aromatic rings. The Labute approximate surface area is 108 Å². The molecule has 3 heteroatoms. The van der Waals surface area contributed by atoms with E-state index < -0.39 is 11.6 Å². The molecule has 18 heavy (non-hydrogen) atoms. The van der Waals surface area contributed by atoms with Crippen molar-refractivity contribution in [3.8, 4) is 5.75 Å². The van der Waals surface area contributed by atoms with Gasteiger partial charge in [0.15, 0.2) is 0 Å². The van der Waals surface area contributed by atoms with Gasteiger partial charge in [0, 0.05) is 0 Å². The van der Waals surface area contributed by atoms with Crippen LogP contribution < -0.4 is 4.74 Å². The van der Waals surface area contributed by atoms with Gasteiger partial charge in [-0.1, -0.05) is 26.0 Å². The van der Waals surface area contributed by atoms with Crippen LogP contribution in [-0.4, -0.2) is 16.7 Å². The Hall–Kier alpha value is -1.51. The van der Waals surface area contributed by atoms with Gasteiger partial charge in [0.05, 0.1) is 6.42 Å². The molecule has 1 aliphatic carbocycles. The molecule has 1 fully saturated rings. The average Bonchev–Trinajstić information content (AvgIpc) is 2.25. The quantitative estimate of drug-likeness (QED) is 0.866. The molecule has 2 rings (SSSR count). The van der Waals surface area contributed by atoms with Gasteiger partial charge >= 0.3 is 5.97 Å². The van der Waals surface area contributed by atoms with Crippen molar-refractivity contribution in [3.63, 3.8) is 0 Å². The fraction of sp³-hybridized carbons (Fsp3) is 0.533. The van der Waals surface area contributed by atoms with E-state index in [1.54, 1.807) is 0 Å². The molecular weight excluding hydrogens is 228 g/mol. The first-order valence-corrected chi connectivity index (χ1v) is 6.51.